The van der Waals surface area contributed by atoms with Gasteiger partial charge in [-0.25, -0.2) is 0 Å². The molecule has 1 aliphatic rings. The number of hydrogen-bond acceptors (Lipinski definition) is 7. The number of carbonyl (C=O) groups excluding carboxylic acids is 3. The lowest BCUT2D eigenvalue weighted by Crippen LogP contribution is -2.60. The Kier molecular flexibility index (Phi) is 10.6. The maximum atomic E-state index is 12.8. The first-order valence-corrected chi connectivity index (χ1v) is 12.6. The van der Waals surface area contributed by atoms with E-state index in [1.54, 1.807) is 30.2 Å². The molecular weight excluding hydrogens is 550 g/mol. The predicted molar refractivity (Wildman–Crippen MR) is 141 cm³/mol. The summed E-state index contributed by atoms with van der Waals surface area (Å²) in [4.78, 5) is 39.3. The first-order chi connectivity index (χ1) is 17.4. The van der Waals surface area contributed by atoms with E-state index in [4.69, 9.17) is 26.4 Å². The van der Waals surface area contributed by atoms with Crippen molar-refractivity contribution in [3.63, 3.8) is 0 Å². The molecule has 3 rings (SSSR count). The van der Waals surface area contributed by atoms with Gasteiger partial charge in [0.15, 0.2) is 5.11 Å². The summed E-state index contributed by atoms with van der Waals surface area (Å²) >= 11 is 8.82. The Morgan fingerprint density at radius 2 is 1.94 bits per heavy atom. The van der Waals surface area contributed by atoms with Crippen LogP contribution in [0.15, 0.2) is 53.0 Å². The Labute approximate surface area is 223 Å². The van der Waals surface area contributed by atoms with Gasteiger partial charge in [-0.1, -0.05) is 30.3 Å². The van der Waals surface area contributed by atoms with Gasteiger partial charge in [-0.2, -0.15) is 0 Å². The third kappa shape index (κ3) is 8.00. The molecule has 2 aromatic rings. The number of nitrogens with zero attached hydrogens (tertiary/aromatic N) is 1. The minimum atomic E-state index is -0.876. The van der Waals surface area contributed by atoms with Crippen LogP contribution in [0.1, 0.15) is 22.3 Å². The number of nitrogens with one attached hydrogen (secondary N) is 2. The molecule has 2 amide bonds. The van der Waals surface area contributed by atoms with Crippen molar-refractivity contribution in [2.75, 3.05) is 40.0 Å². The zero-order chi connectivity index (χ0) is 25.9. The van der Waals surface area contributed by atoms with Crippen molar-refractivity contribution in [2.45, 2.75) is 18.9 Å². The van der Waals surface area contributed by atoms with Crippen molar-refractivity contribution in [2.24, 2.45) is 0 Å². The van der Waals surface area contributed by atoms with Crippen LogP contribution in [0, 0.1) is 0 Å². The molecule has 0 aliphatic carbocycles. The van der Waals surface area contributed by atoms with Crippen LogP contribution in [0.5, 0.6) is 5.75 Å². The summed E-state index contributed by atoms with van der Waals surface area (Å²) < 4.78 is 16.5. The summed E-state index contributed by atoms with van der Waals surface area (Å²) in [6, 6.07) is 13.7. The van der Waals surface area contributed by atoms with Gasteiger partial charge in [0, 0.05) is 32.2 Å². The van der Waals surface area contributed by atoms with Gasteiger partial charge >= 0.3 is 5.97 Å². The van der Waals surface area contributed by atoms with Crippen molar-refractivity contribution in [1.29, 1.82) is 0 Å². The second kappa shape index (κ2) is 13.9. The zero-order valence-corrected chi connectivity index (χ0v) is 22.2. The Bertz CT molecular complexity index is 1080. The lowest BCUT2D eigenvalue weighted by Gasteiger charge is -2.36. The number of thiocarbonyl (C=S) groups is 1. The lowest BCUT2D eigenvalue weighted by atomic mass is 10.1. The molecule has 192 valence electrons. The molecular formula is C25H28BrN3O6S. The molecule has 36 heavy (non-hydrogen) atoms. The van der Waals surface area contributed by atoms with E-state index in [-0.39, 0.29) is 24.0 Å². The minimum absolute atomic E-state index is 0.0634. The Balaban J connectivity index is 1.56. The van der Waals surface area contributed by atoms with Crippen LogP contribution >= 0.6 is 28.1 Å². The fraction of sp³-hybridized carbons (Fsp3) is 0.360. The molecule has 0 saturated carbocycles. The average Bonchev–Trinajstić information content (AvgIpc) is 2.87. The van der Waals surface area contributed by atoms with Crippen LogP contribution in [-0.2, 0) is 25.5 Å². The van der Waals surface area contributed by atoms with Crippen LogP contribution in [0.3, 0.4) is 0 Å². The molecule has 1 fully saturated rings. The summed E-state index contributed by atoms with van der Waals surface area (Å²) in [5.74, 6) is -0.734. The molecule has 1 unspecified atom stereocenters. The monoisotopic (exact) mass is 577 g/mol. The number of methoxy groups -OCH3 is 1. The number of hydrogen-bond donors (Lipinski definition) is 2. The lowest BCUT2D eigenvalue weighted by molar-refractivity contribution is -0.147. The van der Waals surface area contributed by atoms with E-state index in [1.807, 2.05) is 30.3 Å². The highest BCUT2D eigenvalue weighted by atomic mass is 79.9. The first-order valence-electron chi connectivity index (χ1n) is 11.4. The Hall–Kier alpha value is -3.02. The summed E-state index contributed by atoms with van der Waals surface area (Å²) in [6.07, 6.45) is 0.392. The molecule has 2 aromatic carbocycles. The molecule has 11 heteroatoms. The highest BCUT2D eigenvalue weighted by Crippen LogP contribution is 2.26. The third-order valence-electron chi connectivity index (χ3n) is 5.41. The van der Waals surface area contributed by atoms with E-state index in [2.05, 4.69) is 26.6 Å². The van der Waals surface area contributed by atoms with Gasteiger partial charge in [-0.3, -0.25) is 19.7 Å². The Morgan fingerprint density at radius 3 is 2.67 bits per heavy atom. The zero-order valence-electron chi connectivity index (χ0n) is 19.8. The van der Waals surface area contributed by atoms with Gasteiger partial charge in [-0.15, -0.1) is 0 Å². The van der Waals surface area contributed by atoms with E-state index in [9.17, 15) is 14.4 Å². The van der Waals surface area contributed by atoms with Crippen molar-refractivity contribution in [3.8, 4) is 5.75 Å². The van der Waals surface area contributed by atoms with E-state index in [0.717, 1.165) is 5.56 Å². The molecule has 9 nitrogen and oxygen atoms in total. The largest absolute Gasteiger partial charge is 0.490 e. The van der Waals surface area contributed by atoms with Crippen molar-refractivity contribution in [1.82, 2.24) is 15.5 Å². The fourth-order valence-electron chi connectivity index (χ4n) is 3.54. The molecule has 0 spiro atoms. The van der Waals surface area contributed by atoms with Crippen LogP contribution in [0.4, 0.5) is 0 Å². The van der Waals surface area contributed by atoms with Crippen LogP contribution in [0.2, 0.25) is 0 Å². The quantitative estimate of drug-likeness (QED) is 0.252. The van der Waals surface area contributed by atoms with E-state index in [0.29, 0.717) is 48.5 Å². The van der Waals surface area contributed by atoms with Gasteiger partial charge in [0.2, 0.25) is 5.91 Å². The maximum absolute atomic E-state index is 12.8. The number of benzene rings is 2. The number of carbonyl (C=O) groups is 3. The van der Waals surface area contributed by atoms with Crippen LogP contribution in [0.25, 0.3) is 0 Å². The molecule has 1 heterocycles. The van der Waals surface area contributed by atoms with Gasteiger partial charge in [0.05, 0.1) is 24.1 Å². The number of ether oxygens (including phenoxy) is 3. The SMILES string of the molecule is COCCOc1ccc(C(=O)NC(=S)N2CCNC(=O)C2CC(=O)OCCc2ccccc2)cc1Br. The first kappa shape index (κ1) is 27.6. The van der Waals surface area contributed by atoms with Crippen molar-refractivity contribution in [3.05, 3.63) is 64.1 Å². The van der Waals surface area contributed by atoms with Gasteiger partial charge < -0.3 is 24.4 Å². The highest BCUT2D eigenvalue weighted by molar-refractivity contribution is 9.10. The van der Waals surface area contributed by atoms with E-state index in [1.165, 1.54) is 0 Å². The predicted octanol–water partition coefficient (Wildman–Crippen LogP) is 2.47. The van der Waals surface area contributed by atoms with Gasteiger partial charge in [0.25, 0.3) is 5.91 Å². The second-order valence-electron chi connectivity index (χ2n) is 7.91. The van der Waals surface area contributed by atoms with Crippen molar-refractivity contribution < 1.29 is 28.6 Å². The number of rotatable bonds is 10. The fourth-order valence-corrected chi connectivity index (χ4v) is 4.34. The topological polar surface area (TPSA) is 106 Å². The van der Waals surface area contributed by atoms with Crippen LogP contribution < -0.4 is 15.4 Å². The molecule has 1 aliphatic heterocycles. The number of halogens is 1. The molecule has 0 radical (unpaired) electrons. The molecule has 0 bridgehead atoms. The molecule has 2 N–H and O–H groups in total. The smallest absolute Gasteiger partial charge is 0.308 e. The summed E-state index contributed by atoms with van der Waals surface area (Å²) in [7, 11) is 1.58. The second-order valence-corrected chi connectivity index (χ2v) is 9.15. The van der Waals surface area contributed by atoms with Gasteiger partial charge in [-0.05, 0) is 51.9 Å². The number of amides is 2. The standard InChI is InChI=1S/C25H28BrN3O6S/c1-33-13-14-34-21-8-7-18(15-19(21)26)23(31)28-25(36)29-11-10-27-24(32)20(29)16-22(30)35-12-9-17-5-3-2-4-6-17/h2-8,15,20H,9-14,16H2,1H3,(H,27,32)(H,28,31,36). The summed E-state index contributed by atoms with van der Waals surface area (Å²) in [6.45, 7) is 1.71. The maximum Gasteiger partial charge on any atom is 0.308 e. The van der Waals surface area contributed by atoms with E-state index >= 15 is 0 Å². The number of esters is 1. The normalized spacial score (nSPS) is 15.1. The molecule has 0 aromatic heterocycles. The van der Waals surface area contributed by atoms with Crippen molar-refractivity contribution >= 4 is 51.0 Å². The average molecular weight is 578 g/mol. The number of piperazine rings is 1. The van der Waals surface area contributed by atoms with E-state index < -0.39 is 17.9 Å². The molecule has 1 atom stereocenters. The van der Waals surface area contributed by atoms with Gasteiger partial charge in [0.1, 0.15) is 18.4 Å². The molecule has 1 saturated heterocycles. The summed E-state index contributed by atoms with van der Waals surface area (Å²) in [5.41, 5.74) is 1.40. The summed E-state index contributed by atoms with van der Waals surface area (Å²) in [5, 5.41) is 5.46. The Morgan fingerprint density at radius 1 is 1.17 bits per heavy atom. The van der Waals surface area contributed by atoms with Crippen LogP contribution in [-0.4, -0.2) is 73.9 Å². The minimum Gasteiger partial charge on any atom is -0.490 e. The highest BCUT2D eigenvalue weighted by Gasteiger charge is 2.34. The third-order valence-corrected chi connectivity index (χ3v) is 6.36.